The van der Waals surface area contributed by atoms with Crippen molar-refractivity contribution in [1.82, 2.24) is 5.32 Å². The molecule has 0 spiro atoms. The van der Waals surface area contributed by atoms with Gasteiger partial charge in [0, 0.05) is 12.1 Å². The summed E-state index contributed by atoms with van der Waals surface area (Å²) in [4.78, 5) is 0. The van der Waals surface area contributed by atoms with Crippen LogP contribution in [0.1, 0.15) is 76.5 Å². The number of hydrogen-bond donors (Lipinski definition) is 1. The maximum absolute atomic E-state index is 3.71. The van der Waals surface area contributed by atoms with Crippen LogP contribution in [0.4, 0.5) is 0 Å². The third kappa shape index (κ3) is 6.77. The average molecular weight is 261 g/mol. The highest BCUT2D eigenvalue weighted by molar-refractivity contribution is 5.24. The lowest BCUT2D eigenvalue weighted by Gasteiger charge is -2.20. The molecule has 0 aliphatic heterocycles. The minimum absolute atomic E-state index is 0.450. The minimum atomic E-state index is 0.450. The van der Waals surface area contributed by atoms with E-state index < -0.39 is 0 Å². The fourth-order valence-corrected chi connectivity index (χ4v) is 2.60. The first-order chi connectivity index (χ1) is 9.13. The van der Waals surface area contributed by atoms with Crippen LogP contribution in [0.3, 0.4) is 0 Å². The summed E-state index contributed by atoms with van der Waals surface area (Å²) in [5, 5.41) is 3.71. The zero-order valence-corrected chi connectivity index (χ0v) is 13.2. The summed E-state index contributed by atoms with van der Waals surface area (Å²) < 4.78 is 0. The van der Waals surface area contributed by atoms with Crippen LogP contribution in [0.2, 0.25) is 0 Å². The molecule has 108 valence electrons. The van der Waals surface area contributed by atoms with Gasteiger partial charge in [0.1, 0.15) is 0 Å². The van der Waals surface area contributed by atoms with Crippen LogP contribution >= 0.6 is 0 Å². The van der Waals surface area contributed by atoms with Gasteiger partial charge in [0.15, 0.2) is 0 Å². The molecule has 0 saturated heterocycles. The van der Waals surface area contributed by atoms with Gasteiger partial charge >= 0.3 is 0 Å². The molecule has 0 amide bonds. The normalized spacial score (nSPS) is 14.3. The van der Waals surface area contributed by atoms with Gasteiger partial charge in [-0.15, -0.1) is 0 Å². The van der Waals surface area contributed by atoms with Gasteiger partial charge in [0.2, 0.25) is 0 Å². The highest BCUT2D eigenvalue weighted by Gasteiger charge is 2.09. The largest absolute Gasteiger partial charge is 0.308 e. The first-order valence-electron chi connectivity index (χ1n) is 7.96. The number of unbranched alkanes of at least 4 members (excludes halogenated alkanes) is 4. The van der Waals surface area contributed by atoms with Gasteiger partial charge < -0.3 is 5.32 Å². The summed E-state index contributed by atoms with van der Waals surface area (Å²) in [6.45, 7) is 9.01. The Morgan fingerprint density at radius 3 is 2.47 bits per heavy atom. The van der Waals surface area contributed by atoms with Crippen LogP contribution in [0.15, 0.2) is 24.3 Å². The van der Waals surface area contributed by atoms with E-state index in [4.69, 9.17) is 0 Å². The number of hydrogen-bond acceptors (Lipinski definition) is 1. The third-order valence-electron chi connectivity index (χ3n) is 3.82. The monoisotopic (exact) mass is 261 g/mol. The molecule has 0 bridgehead atoms. The van der Waals surface area contributed by atoms with Gasteiger partial charge in [-0.05, 0) is 32.8 Å². The van der Waals surface area contributed by atoms with Gasteiger partial charge in [-0.1, -0.05) is 68.9 Å². The van der Waals surface area contributed by atoms with E-state index in [1.54, 1.807) is 0 Å². The van der Waals surface area contributed by atoms with Gasteiger partial charge in [-0.2, -0.15) is 0 Å². The van der Waals surface area contributed by atoms with E-state index in [1.165, 1.54) is 49.7 Å². The molecular weight excluding hydrogens is 230 g/mol. The number of aryl methyl sites for hydroxylation is 1. The van der Waals surface area contributed by atoms with Gasteiger partial charge in [0.05, 0.1) is 0 Å². The molecule has 0 heterocycles. The second kappa shape index (κ2) is 9.14. The molecule has 0 saturated carbocycles. The van der Waals surface area contributed by atoms with Crippen molar-refractivity contribution < 1.29 is 0 Å². The summed E-state index contributed by atoms with van der Waals surface area (Å²) in [6, 6.07) is 9.87. The predicted molar refractivity (Wildman–Crippen MR) is 85.6 cm³/mol. The van der Waals surface area contributed by atoms with Crippen LogP contribution in [-0.2, 0) is 0 Å². The van der Waals surface area contributed by atoms with Gasteiger partial charge in [-0.25, -0.2) is 0 Å². The summed E-state index contributed by atoms with van der Waals surface area (Å²) in [5.74, 6) is 0. The molecule has 1 rings (SSSR count). The van der Waals surface area contributed by atoms with E-state index in [1.807, 2.05) is 0 Å². The fourth-order valence-electron chi connectivity index (χ4n) is 2.60. The Morgan fingerprint density at radius 2 is 1.79 bits per heavy atom. The van der Waals surface area contributed by atoms with Gasteiger partial charge in [-0.3, -0.25) is 0 Å². The highest BCUT2D eigenvalue weighted by Crippen LogP contribution is 2.16. The van der Waals surface area contributed by atoms with E-state index in [0.717, 1.165) is 0 Å². The Kier molecular flexibility index (Phi) is 7.81. The van der Waals surface area contributed by atoms with E-state index in [2.05, 4.69) is 57.3 Å². The number of benzene rings is 1. The quantitative estimate of drug-likeness (QED) is 0.587. The molecule has 1 unspecified atom stereocenters. The molecule has 2 atom stereocenters. The van der Waals surface area contributed by atoms with Crippen molar-refractivity contribution >= 4 is 0 Å². The zero-order chi connectivity index (χ0) is 14.1. The molecule has 0 aliphatic carbocycles. The highest BCUT2D eigenvalue weighted by atomic mass is 14.9. The van der Waals surface area contributed by atoms with Crippen molar-refractivity contribution in [3.05, 3.63) is 35.4 Å². The fraction of sp³-hybridized carbons (Fsp3) is 0.667. The molecule has 0 aromatic heterocycles. The lowest BCUT2D eigenvalue weighted by atomic mass is 10.0. The van der Waals surface area contributed by atoms with E-state index in [0.29, 0.717) is 12.1 Å². The number of nitrogens with one attached hydrogen (secondary N) is 1. The Hall–Kier alpha value is -0.820. The smallest absolute Gasteiger partial charge is 0.0294 e. The van der Waals surface area contributed by atoms with Crippen LogP contribution in [0.5, 0.6) is 0 Å². The standard InChI is InChI=1S/C18H31N/c1-5-6-7-8-9-12-16(3)19-17(4)18-13-10-11-15(2)14-18/h10-11,13-14,16-17,19H,5-9,12H2,1-4H3/t16?,17-/m0/s1. The molecule has 0 radical (unpaired) electrons. The summed E-state index contributed by atoms with van der Waals surface area (Å²) in [6.07, 6.45) is 8.16. The summed E-state index contributed by atoms with van der Waals surface area (Å²) in [7, 11) is 0. The topological polar surface area (TPSA) is 12.0 Å². The van der Waals surface area contributed by atoms with E-state index in [9.17, 15) is 0 Å². The Labute approximate surface area is 119 Å². The molecule has 1 heteroatoms. The first-order valence-corrected chi connectivity index (χ1v) is 7.96. The summed E-state index contributed by atoms with van der Waals surface area (Å²) >= 11 is 0. The zero-order valence-electron chi connectivity index (χ0n) is 13.2. The molecule has 0 aliphatic rings. The Bertz CT molecular complexity index is 345. The minimum Gasteiger partial charge on any atom is -0.308 e. The predicted octanol–water partition coefficient (Wildman–Crippen LogP) is 5.39. The Balaban J connectivity index is 2.26. The van der Waals surface area contributed by atoms with E-state index in [-0.39, 0.29) is 0 Å². The van der Waals surface area contributed by atoms with Gasteiger partial charge in [0.25, 0.3) is 0 Å². The lowest BCUT2D eigenvalue weighted by molar-refractivity contribution is 0.436. The first kappa shape index (κ1) is 16.2. The number of rotatable bonds is 9. The van der Waals surface area contributed by atoms with Crippen LogP contribution in [0.25, 0.3) is 0 Å². The maximum atomic E-state index is 3.71. The van der Waals surface area contributed by atoms with Crippen molar-refractivity contribution in [2.75, 3.05) is 0 Å². The molecular formula is C18H31N. The van der Waals surface area contributed by atoms with Crippen molar-refractivity contribution in [2.45, 2.75) is 78.3 Å². The average Bonchev–Trinajstić information content (AvgIpc) is 2.38. The van der Waals surface area contributed by atoms with Crippen molar-refractivity contribution in [3.63, 3.8) is 0 Å². The molecule has 19 heavy (non-hydrogen) atoms. The molecule has 1 nitrogen and oxygen atoms in total. The van der Waals surface area contributed by atoms with Crippen molar-refractivity contribution in [1.29, 1.82) is 0 Å². The molecule has 1 aromatic carbocycles. The van der Waals surface area contributed by atoms with Crippen molar-refractivity contribution in [2.24, 2.45) is 0 Å². The second-order valence-corrected chi connectivity index (χ2v) is 5.91. The lowest BCUT2D eigenvalue weighted by Crippen LogP contribution is -2.28. The van der Waals surface area contributed by atoms with Crippen LogP contribution in [-0.4, -0.2) is 6.04 Å². The SMILES string of the molecule is CCCCCCCC(C)N[C@@H](C)c1cccc(C)c1. The molecule has 0 fully saturated rings. The van der Waals surface area contributed by atoms with Crippen LogP contribution in [0, 0.1) is 6.92 Å². The molecule has 1 N–H and O–H groups in total. The molecule has 1 aromatic rings. The maximum Gasteiger partial charge on any atom is 0.0294 e. The third-order valence-corrected chi connectivity index (χ3v) is 3.82. The Morgan fingerprint density at radius 1 is 1.05 bits per heavy atom. The van der Waals surface area contributed by atoms with Crippen LogP contribution < -0.4 is 5.32 Å². The van der Waals surface area contributed by atoms with E-state index >= 15 is 0 Å². The summed E-state index contributed by atoms with van der Waals surface area (Å²) in [5.41, 5.74) is 2.75. The van der Waals surface area contributed by atoms with Crippen molar-refractivity contribution in [3.8, 4) is 0 Å². The second-order valence-electron chi connectivity index (χ2n) is 5.91.